The Hall–Kier alpha value is -2.53. The normalized spacial score (nSPS) is 10.6. The first-order chi connectivity index (χ1) is 11.6. The molecule has 0 aliphatic heterocycles. The number of hydrogen-bond donors (Lipinski definition) is 1. The third-order valence-electron chi connectivity index (χ3n) is 3.14. The Labute approximate surface area is 146 Å². The number of carbonyl (C=O) groups is 1. The van der Waals surface area contributed by atoms with Crippen LogP contribution in [0.3, 0.4) is 0 Å². The Morgan fingerprint density at radius 3 is 2.67 bits per heavy atom. The van der Waals surface area contributed by atoms with Crippen LogP contribution in [0, 0.1) is 0 Å². The number of carbonyl (C=O) groups excluding carboxylic acids is 1. The number of amides is 1. The van der Waals surface area contributed by atoms with Crippen molar-refractivity contribution in [3.63, 3.8) is 0 Å². The van der Waals surface area contributed by atoms with Crippen LogP contribution >= 0.6 is 11.6 Å². The first kappa shape index (κ1) is 17.8. The van der Waals surface area contributed by atoms with Crippen molar-refractivity contribution in [1.82, 2.24) is 5.43 Å². The van der Waals surface area contributed by atoms with Crippen molar-refractivity contribution in [2.45, 2.75) is 13.3 Å². The summed E-state index contributed by atoms with van der Waals surface area (Å²) in [5, 5.41) is 4.40. The van der Waals surface area contributed by atoms with Crippen molar-refractivity contribution in [2.24, 2.45) is 5.10 Å². The van der Waals surface area contributed by atoms with Crippen molar-refractivity contribution < 1.29 is 14.3 Å². The lowest BCUT2D eigenvalue weighted by molar-refractivity contribution is 0.0952. The van der Waals surface area contributed by atoms with Gasteiger partial charge in [0.05, 0.1) is 25.5 Å². The minimum atomic E-state index is -0.395. The van der Waals surface area contributed by atoms with Gasteiger partial charge >= 0.3 is 0 Å². The van der Waals surface area contributed by atoms with Gasteiger partial charge in [0.15, 0.2) is 0 Å². The highest BCUT2D eigenvalue weighted by atomic mass is 35.5. The molecular formula is C18H19ClN2O3. The van der Waals surface area contributed by atoms with Gasteiger partial charge in [0, 0.05) is 5.02 Å². The number of hydrogen-bond acceptors (Lipinski definition) is 4. The first-order valence-electron chi connectivity index (χ1n) is 7.54. The smallest absolute Gasteiger partial charge is 0.275 e. The third-order valence-corrected chi connectivity index (χ3v) is 3.37. The second kappa shape index (κ2) is 8.93. The molecule has 0 atom stereocenters. The molecule has 0 spiro atoms. The third kappa shape index (κ3) is 4.99. The number of hydrazone groups is 1. The maximum Gasteiger partial charge on any atom is 0.275 e. The van der Waals surface area contributed by atoms with E-state index < -0.39 is 5.91 Å². The van der Waals surface area contributed by atoms with E-state index in [1.807, 2.05) is 24.3 Å². The molecule has 0 aliphatic carbocycles. The molecule has 0 radical (unpaired) electrons. The van der Waals surface area contributed by atoms with Gasteiger partial charge in [0.2, 0.25) is 0 Å². The summed E-state index contributed by atoms with van der Waals surface area (Å²) < 4.78 is 10.7. The Balaban J connectivity index is 1.98. The fourth-order valence-electron chi connectivity index (χ4n) is 1.95. The average Bonchev–Trinajstić information content (AvgIpc) is 2.61. The van der Waals surface area contributed by atoms with Crippen LogP contribution in [0.1, 0.15) is 29.3 Å². The fraction of sp³-hybridized carbons (Fsp3) is 0.222. The molecule has 2 rings (SSSR count). The van der Waals surface area contributed by atoms with E-state index in [-0.39, 0.29) is 0 Å². The predicted molar refractivity (Wildman–Crippen MR) is 95.3 cm³/mol. The fourth-order valence-corrected chi connectivity index (χ4v) is 2.13. The molecule has 6 heteroatoms. The highest BCUT2D eigenvalue weighted by Gasteiger charge is 2.12. The largest absolute Gasteiger partial charge is 0.496 e. The zero-order valence-corrected chi connectivity index (χ0v) is 14.3. The summed E-state index contributed by atoms with van der Waals surface area (Å²) >= 11 is 5.91. The van der Waals surface area contributed by atoms with E-state index in [0.717, 1.165) is 17.7 Å². The van der Waals surface area contributed by atoms with Crippen LogP contribution in [0.2, 0.25) is 5.02 Å². The number of rotatable bonds is 7. The maximum atomic E-state index is 12.2. The molecule has 126 valence electrons. The van der Waals surface area contributed by atoms with E-state index in [2.05, 4.69) is 17.5 Å². The Morgan fingerprint density at radius 1 is 1.25 bits per heavy atom. The van der Waals surface area contributed by atoms with E-state index in [9.17, 15) is 4.79 Å². The molecule has 0 bridgehead atoms. The number of halogens is 1. The summed E-state index contributed by atoms with van der Waals surface area (Å²) in [5.41, 5.74) is 3.63. The number of methoxy groups -OCH3 is 1. The van der Waals surface area contributed by atoms with Crippen LogP contribution in [0.15, 0.2) is 47.6 Å². The molecule has 2 aromatic rings. The van der Waals surface area contributed by atoms with Crippen molar-refractivity contribution in [1.29, 1.82) is 0 Å². The minimum Gasteiger partial charge on any atom is -0.496 e. The second-order valence-electron chi connectivity index (χ2n) is 4.96. The van der Waals surface area contributed by atoms with E-state index in [1.54, 1.807) is 18.3 Å². The van der Waals surface area contributed by atoms with Gasteiger partial charge in [-0.1, -0.05) is 18.5 Å². The molecule has 0 saturated carbocycles. The summed E-state index contributed by atoms with van der Waals surface area (Å²) in [5.74, 6) is 0.847. The number of nitrogens with one attached hydrogen (secondary N) is 1. The topological polar surface area (TPSA) is 59.9 Å². The summed E-state index contributed by atoms with van der Waals surface area (Å²) in [6.45, 7) is 2.74. The van der Waals surface area contributed by atoms with Crippen LogP contribution in [0.25, 0.3) is 0 Å². The number of benzene rings is 2. The van der Waals surface area contributed by atoms with Crippen LogP contribution < -0.4 is 14.9 Å². The SMILES string of the molecule is CCCOc1ccc(/C=N\NC(=O)c2cc(Cl)ccc2OC)cc1. The first-order valence-corrected chi connectivity index (χ1v) is 7.91. The highest BCUT2D eigenvalue weighted by molar-refractivity contribution is 6.31. The van der Waals surface area contributed by atoms with Crippen molar-refractivity contribution >= 4 is 23.7 Å². The molecule has 0 unspecified atom stereocenters. The molecule has 24 heavy (non-hydrogen) atoms. The minimum absolute atomic E-state index is 0.325. The molecule has 1 amide bonds. The molecule has 0 fully saturated rings. The Bertz CT molecular complexity index is 715. The van der Waals surface area contributed by atoms with E-state index in [4.69, 9.17) is 21.1 Å². The van der Waals surface area contributed by atoms with Gasteiger partial charge < -0.3 is 9.47 Å². The van der Waals surface area contributed by atoms with E-state index >= 15 is 0 Å². The molecule has 5 nitrogen and oxygen atoms in total. The van der Waals surface area contributed by atoms with Crippen LogP contribution in [-0.2, 0) is 0 Å². The van der Waals surface area contributed by atoms with E-state index in [1.165, 1.54) is 13.2 Å². The van der Waals surface area contributed by atoms with Gasteiger partial charge in [-0.3, -0.25) is 4.79 Å². The summed E-state index contributed by atoms with van der Waals surface area (Å²) in [7, 11) is 1.49. The monoisotopic (exact) mass is 346 g/mol. The summed E-state index contributed by atoms with van der Waals surface area (Å²) in [6, 6.07) is 12.3. The predicted octanol–water partition coefficient (Wildman–Crippen LogP) is 3.90. The van der Waals surface area contributed by atoms with Gasteiger partial charge in [0.25, 0.3) is 5.91 Å². The van der Waals surface area contributed by atoms with Crippen molar-refractivity contribution in [3.8, 4) is 11.5 Å². The lowest BCUT2D eigenvalue weighted by atomic mass is 10.2. The van der Waals surface area contributed by atoms with Crippen LogP contribution in [0.4, 0.5) is 0 Å². The molecule has 0 heterocycles. The van der Waals surface area contributed by atoms with Gasteiger partial charge in [-0.2, -0.15) is 5.10 Å². The van der Waals surface area contributed by atoms with Gasteiger partial charge in [0.1, 0.15) is 11.5 Å². The number of ether oxygens (including phenoxy) is 2. The molecule has 2 aromatic carbocycles. The molecule has 0 aliphatic rings. The zero-order chi connectivity index (χ0) is 17.4. The molecule has 1 N–H and O–H groups in total. The van der Waals surface area contributed by atoms with Gasteiger partial charge in [-0.05, 0) is 54.4 Å². The Kier molecular flexibility index (Phi) is 6.63. The lowest BCUT2D eigenvalue weighted by Crippen LogP contribution is -2.18. The summed E-state index contributed by atoms with van der Waals surface area (Å²) in [4.78, 5) is 12.2. The van der Waals surface area contributed by atoms with Gasteiger partial charge in [-0.25, -0.2) is 5.43 Å². The zero-order valence-electron chi connectivity index (χ0n) is 13.6. The molecule has 0 saturated heterocycles. The molecular weight excluding hydrogens is 328 g/mol. The second-order valence-corrected chi connectivity index (χ2v) is 5.40. The van der Waals surface area contributed by atoms with Crippen LogP contribution in [-0.4, -0.2) is 25.8 Å². The summed E-state index contributed by atoms with van der Waals surface area (Å²) in [6.07, 6.45) is 2.51. The maximum absolute atomic E-state index is 12.2. The molecule has 0 aromatic heterocycles. The van der Waals surface area contributed by atoms with Crippen LogP contribution in [0.5, 0.6) is 11.5 Å². The standard InChI is InChI=1S/C18H19ClN2O3/c1-3-10-24-15-7-4-13(5-8-15)12-20-21-18(22)16-11-14(19)6-9-17(16)23-2/h4-9,11-12H,3,10H2,1-2H3,(H,21,22)/b20-12-. The quantitative estimate of drug-likeness (QED) is 0.611. The van der Waals surface area contributed by atoms with Crippen molar-refractivity contribution in [2.75, 3.05) is 13.7 Å². The van der Waals surface area contributed by atoms with Gasteiger partial charge in [-0.15, -0.1) is 0 Å². The van der Waals surface area contributed by atoms with E-state index in [0.29, 0.717) is 22.9 Å². The lowest BCUT2D eigenvalue weighted by Gasteiger charge is -2.07. The average molecular weight is 347 g/mol. The highest BCUT2D eigenvalue weighted by Crippen LogP contribution is 2.22. The number of nitrogens with zero attached hydrogens (tertiary/aromatic N) is 1. The Morgan fingerprint density at radius 2 is 2.00 bits per heavy atom. The van der Waals surface area contributed by atoms with Crippen molar-refractivity contribution in [3.05, 3.63) is 58.6 Å².